The van der Waals surface area contributed by atoms with Gasteiger partial charge in [-0.2, -0.15) is 0 Å². The molecule has 5 nitrogen and oxygen atoms in total. The summed E-state index contributed by atoms with van der Waals surface area (Å²) in [5.74, 6) is 0.820. The smallest absolute Gasteiger partial charge is 0.133 e. The molecule has 0 saturated heterocycles. The molecule has 1 unspecified atom stereocenters. The van der Waals surface area contributed by atoms with Crippen LogP contribution in [0.25, 0.3) is 22.2 Å². The summed E-state index contributed by atoms with van der Waals surface area (Å²) in [6.45, 7) is 0.130. The Morgan fingerprint density at radius 2 is 2.12 bits per heavy atom. The molecule has 24 heavy (non-hydrogen) atoms. The van der Waals surface area contributed by atoms with Crippen molar-refractivity contribution in [2.24, 2.45) is 5.73 Å². The highest BCUT2D eigenvalue weighted by molar-refractivity contribution is 6.31. The van der Waals surface area contributed by atoms with Gasteiger partial charge in [-0.15, -0.1) is 0 Å². The molecule has 124 valence electrons. The molecule has 2 atom stereocenters. The first-order valence-electron chi connectivity index (χ1n) is 7.70. The first kappa shape index (κ1) is 15.5. The molecular formula is C18H17ClN2O3. The summed E-state index contributed by atoms with van der Waals surface area (Å²) in [5, 5.41) is 20.5. The van der Waals surface area contributed by atoms with Gasteiger partial charge >= 0.3 is 0 Å². The number of aliphatic hydroxyl groups excluding tert-OH is 2. The van der Waals surface area contributed by atoms with Gasteiger partial charge < -0.3 is 25.7 Å². The predicted molar refractivity (Wildman–Crippen MR) is 93.2 cm³/mol. The van der Waals surface area contributed by atoms with Crippen LogP contribution in [-0.4, -0.2) is 28.4 Å². The highest BCUT2D eigenvalue weighted by atomic mass is 35.5. The second-order valence-corrected chi connectivity index (χ2v) is 6.45. The monoisotopic (exact) mass is 344 g/mol. The van der Waals surface area contributed by atoms with Crippen molar-refractivity contribution in [2.75, 3.05) is 13.2 Å². The largest absolute Gasteiger partial charge is 0.491 e. The number of nitrogens with two attached hydrogens (primary N) is 1. The minimum Gasteiger partial charge on any atom is -0.491 e. The van der Waals surface area contributed by atoms with Gasteiger partial charge in [0, 0.05) is 27.2 Å². The SMILES string of the molecule is NC1COc2c1ccc1[nH]c(-c3cc(Cl)cc([C@@H](O)CO)c3)cc21. The average Bonchev–Trinajstić information content (AvgIpc) is 3.17. The highest BCUT2D eigenvalue weighted by Crippen LogP contribution is 2.40. The van der Waals surface area contributed by atoms with Crippen molar-refractivity contribution in [1.29, 1.82) is 0 Å². The molecule has 0 radical (unpaired) electrons. The van der Waals surface area contributed by atoms with Crippen LogP contribution in [0.1, 0.15) is 23.3 Å². The fourth-order valence-corrected chi connectivity index (χ4v) is 3.37. The van der Waals surface area contributed by atoms with Crippen molar-refractivity contribution in [3.63, 3.8) is 0 Å². The zero-order valence-corrected chi connectivity index (χ0v) is 13.5. The third-order valence-corrected chi connectivity index (χ3v) is 4.60. The van der Waals surface area contributed by atoms with Crippen molar-refractivity contribution < 1.29 is 14.9 Å². The van der Waals surface area contributed by atoms with Crippen LogP contribution in [0, 0.1) is 0 Å². The second kappa shape index (κ2) is 5.79. The molecule has 0 amide bonds. The van der Waals surface area contributed by atoms with Gasteiger partial charge in [-0.3, -0.25) is 0 Å². The summed E-state index contributed by atoms with van der Waals surface area (Å²) in [6.07, 6.45) is -0.961. The first-order valence-corrected chi connectivity index (χ1v) is 8.08. The molecule has 4 rings (SSSR count). The van der Waals surface area contributed by atoms with Gasteiger partial charge in [0.05, 0.1) is 12.6 Å². The molecule has 0 saturated carbocycles. The van der Waals surface area contributed by atoms with Crippen LogP contribution < -0.4 is 10.5 Å². The number of aromatic nitrogens is 1. The number of fused-ring (bicyclic) bond motifs is 3. The molecule has 1 aliphatic heterocycles. The van der Waals surface area contributed by atoms with Crippen LogP contribution in [-0.2, 0) is 0 Å². The third-order valence-electron chi connectivity index (χ3n) is 4.38. The summed E-state index contributed by atoms with van der Waals surface area (Å²) >= 11 is 6.16. The molecule has 0 spiro atoms. The first-order chi connectivity index (χ1) is 11.6. The van der Waals surface area contributed by atoms with E-state index in [9.17, 15) is 5.11 Å². The Hall–Kier alpha value is -2.05. The van der Waals surface area contributed by atoms with Crippen LogP contribution >= 0.6 is 11.6 Å². The number of hydrogen-bond donors (Lipinski definition) is 4. The molecule has 2 aromatic carbocycles. The number of nitrogens with one attached hydrogen (secondary N) is 1. The predicted octanol–water partition coefficient (Wildman–Crippen LogP) is 2.91. The summed E-state index contributed by atoms with van der Waals surface area (Å²) in [4.78, 5) is 3.34. The van der Waals surface area contributed by atoms with Gasteiger partial charge in [-0.1, -0.05) is 17.7 Å². The van der Waals surface area contributed by atoms with E-state index in [0.717, 1.165) is 33.5 Å². The summed E-state index contributed by atoms with van der Waals surface area (Å²) in [7, 11) is 0. The van der Waals surface area contributed by atoms with Crippen LogP contribution in [0.4, 0.5) is 0 Å². The Morgan fingerprint density at radius 1 is 1.29 bits per heavy atom. The van der Waals surface area contributed by atoms with E-state index < -0.39 is 6.10 Å². The van der Waals surface area contributed by atoms with E-state index in [4.69, 9.17) is 27.2 Å². The number of rotatable bonds is 3. The van der Waals surface area contributed by atoms with Gasteiger partial charge in [0.1, 0.15) is 18.5 Å². The van der Waals surface area contributed by atoms with Crippen molar-refractivity contribution in [3.8, 4) is 17.0 Å². The van der Waals surface area contributed by atoms with Crippen molar-refractivity contribution in [2.45, 2.75) is 12.1 Å². The molecule has 1 aromatic heterocycles. The quantitative estimate of drug-likeness (QED) is 0.588. The summed E-state index contributed by atoms with van der Waals surface area (Å²) < 4.78 is 5.73. The van der Waals surface area contributed by atoms with Gasteiger partial charge in [-0.05, 0) is 41.5 Å². The second-order valence-electron chi connectivity index (χ2n) is 6.02. The fourth-order valence-electron chi connectivity index (χ4n) is 3.13. The fraction of sp³-hybridized carbons (Fsp3) is 0.222. The number of benzene rings is 2. The highest BCUT2D eigenvalue weighted by Gasteiger charge is 2.23. The van der Waals surface area contributed by atoms with E-state index in [1.165, 1.54) is 0 Å². The van der Waals surface area contributed by atoms with E-state index in [1.54, 1.807) is 6.07 Å². The standard InChI is InChI=1S/C18H17ClN2O3/c19-11-4-9(3-10(5-11)17(23)7-22)16-6-13-15(21-16)2-1-12-14(20)8-24-18(12)13/h1-6,14,17,21-23H,7-8,20H2/t14?,17-/m0/s1. The van der Waals surface area contributed by atoms with Gasteiger partial charge in [-0.25, -0.2) is 0 Å². The molecule has 0 bridgehead atoms. The minimum absolute atomic E-state index is 0.0970. The molecule has 2 heterocycles. The lowest BCUT2D eigenvalue weighted by Gasteiger charge is -2.10. The Bertz CT molecular complexity index is 922. The topological polar surface area (TPSA) is 91.5 Å². The number of hydrogen-bond acceptors (Lipinski definition) is 4. The van der Waals surface area contributed by atoms with Crippen molar-refractivity contribution >= 4 is 22.5 Å². The van der Waals surface area contributed by atoms with E-state index in [2.05, 4.69) is 4.98 Å². The lowest BCUT2D eigenvalue weighted by atomic mass is 10.0. The number of aromatic amines is 1. The molecular weight excluding hydrogens is 328 g/mol. The molecule has 0 fully saturated rings. The lowest BCUT2D eigenvalue weighted by Crippen LogP contribution is -2.10. The molecule has 5 N–H and O–H groups in total. The number of halogens is 1. The maximum atomic E-state index is 9.87. The Labute approximate surface area is 143 Å². The van der Waals surface area contributed by atoms with Crippen LogP contribution in [0.15, 0.2) is 36.4 Å². The van der Waals surface area contributed by atoms with E-state index in [1.807, 2.05) is 30.3 Å². The minimum atomic E-state index is -0.961. The zero-order valence-electron chi connectivity index (χ0n) is 12.8. The molecule has 6 heteroatoms. The van der Waals surface area contributed by atoms with Crippen molar-refractivity contribution in [3.05, 3.63) is 52.5 Å². The maximum Gasteiger partial charge on any atom is 0.133 e. The van der Waals surface area contributed by atoms with Crippen LogP contribution in [0.3, 0.4) is 0 Å². The van der Waals surface area contributed by atoms with E-state index in [0.29, 0.717) is 17.2 Å². The number of ether oxygens (including phenoxy) is 1. The van der Waals surface area contributed by atoms with Crippen LogP contribution in [0.2, 0.25) is 5.02 Å². The van der Waals surface area contributed by atoms with Gasteiger partial charge in [0.25, 0.3) is 0 Å². The molecule has 0 aliphatic carbocycles. The van der Waals surface area contributed by atoms with Crippen molar-refractivity contribution in [1.82, 2.24) is 4.98 Å². The molecule has 1 aliphatic rings. The Kier molecular flexibility index (Phi) is 3.73. The average molecular weight is 345 g/mol. The number of H-pyrrole nitrogens is 1. The van der Waals surface area contributed by atoms with Gasteiger partial charge in [0.15, 0.2) is 0 Å². The van der Waals surface area contributed by atoms with E-state index >= 15 is 0 Å². The maximum absolute atomic E-state index is 9.87. The normalized spacial score (nSPS) is 17.8. The van der Waals surface area contributed by atoms with Gasteiger partial charge in [0.2, 0.25) is 0 Å². The molecule has 3 aromatic rings. The lowest BCUT2D eigenvalue weighted by molar-refractivity contribution is 0.0956. The third kappa shape index (κ3) is 2.46. The van der Waals surface area contributed by atoms with Crippen LogP contribution in [0.5, 0.6) is 5.75 Å². The Morgan fingerprint density at radius 3 is 2.92 bits per heavy atom. The zero-order chi connectivity index (χ0) is 16.8. The summed E-state index contributed by atoms with van der Waals surface area (Å²) in [5.41, 5.74) is 10.3. The summed E-state index contributed by atoms with van der Waals surface area (Å²) in [6, 6.07) is 11.1. The number of aliphatic hydroxyl groups is 2. The van der Waals surface area contributed by atoms with E-state index in [-0.39, 0.29) is 12.6 Å². The Balaban J connectivity index is 1.84.